The summed E-state index contributed by atoms with van der Waals surface area (Å²) in [4.78, 5) is 25.5. The van der Waals surface area contributed by atoms with Gasteiger partial charge in [-0.1, -0.05) is 30.3 Å². The number of carbonyl (C=O) groups excluding carboxylic acids is 2. The molecule has 2 rings (SSSR count). The van der Waals surface area contributed by atoms with E-state index in [1.807, 2.05) is 30.3 Å². The number of piperidine rings is 1. The minimum atomic E-state index is -0.722. The highest BCUT2D eigenvalue weighted by atomic mass is 16.6. The van der Waals surface area contributed by atoms with Gasteiger partial charge in [-0.2, -0.15) is 0 Å². The lowest BCUT2D eigenvalue weighted by atomic mass is 10.0. The van der Waals surface area contributed by atoms with Crippen LogP contribution in [-0.2, 0) is 16.1 Å². The number of ether oxygens (including phenoxy) is 2. The molecule has 138 valence electrons. The predicted molar refractivity (Wildman–Crippen MR) is 92.0 cm³/mol. The van der Waals surface area contributed by atoms with Crippen molar-refractivity contribution in [1.29, 1.82) is 0 Å². The Bertz CT molecular complexity index is 585. The summed E-state index contributed by atoms with van der Waals surface area (Å²) in [5.41, 5.74) is 0.272. The zero-order chi connectivity index (χ0) is 18.4. The zero-order valence-electron chi connectivity index (χ0n) is 14.9. The topological polar surface area (TPSA) is 88.1 Å². The van der Waals surface area contributed by atoms with Crippen LogP contribution >= 0.6 is 0 Å². The number of benzene rings is 1. The molecule has 1 aliphatic rings. The second-order valence-corrected chi connectivity index (χ2v) is 7.18. The number of β-amino-alcohol motifs (C(OH)–C–C–N with tert-alkyl or cyclic N) is 1. The summed E-state index contributed by atoms with van der Waals surface area (Å²) in [6, 6.07) is 8.96. The van der Waals surface area contributed by atoms with Crippen LogP contribution in [0.4, 0.5) is 9.59 Å². The van der Waals surface area contributed by atoms with E-state index in [2.05, 4.69) is 5.32 Å². The number of nitrogens with one attached hydrogen (secondary N) is 1. The number of aliphatic hydroxyl groups is 1. The number of alkyl carbamates (subject to hydrolysis) is 1. The molecule has 0 saturated carbocycles. The standard InChI is InChI=1S/C18H26N2O5/c1-18(2,3)25-17(23)20-10-14(9-15(21)11-20)19-16(22)24-12-13-7-5-4-6-8-13/h4-8,14-15,21H,9-12H2,1-3H3,(H,19,22)/t14-,15+/m1/s1. The van der Waals surface area contributed by atoms with E-state index in [4.69, 9.17) is 9.47 Å². The number of rotatable bonds is 3. The van der Waals surface area contributed by atoms with Gasteiger partial charge in [-0.15, -0.1) is 0 Å². The number of aliphatic hydroxyl groups excluding tert-OH is 1. The lowest BCUT2D eigenvalue weighted by Gasteiger charge is -2.36. The smallest absolute Gasteiger partial charge is 0.410 e. The van der Waals surface area contributed by atoms with Gasteiger partial charge < -0.3 is 24.8 Å². The lowest BCUT2D eigenvalue weighted by molar-refractivity contribution is -0.00260. The van der Waals surface area contributed by atoms with Gasteiger partial charge in [-0.25, -0.2) is 9.59 Å². The first-order valence-electron chi connectivity index (χ1n) is 8.36. The Morgan fingerprint density at radius 1 is 1.24 bits per heavy atom. The molecule has 0 unspecified atom stereocenters. The van der Waals surface area contributed by atoms with E-state index in [0.29, 0.717) is 6.42 Å². The van der Waals surface area contributed by atoms with Crippen LogP contribution in [0.5, 0.6) is 0 Å². The van der Waals surface area contributed by atoms with Crippen LogP contribution in [0, 0.1) is 0 Å². The van der Waals surface area contributed by atoms with Crippen LogP contribution in [0.25, 0.3) is 0 Å². The molecule has 1 aromatic rings. The molecular weight excluding hydrogens is 324 g/mol. The minimum Gasteiger partial charge on any atom is -0.445 e. The van der Waals surface area contributed by atoms with E-state index >= 15 is 0 Å². The third kappa shape index (κ3) is 6.62. The van der Waals surface area contributed by atoms with E-state index in [9.17, 15) is 14.7 Å². The van der Waals surface area contributed by atoms with E-state index in [1.165, 1.54) is 4.90 Å². The molecule has 1 aromatic carbocycles. The molecule has 1 fully saturated rings. The molecule has 0 bridgehead atoms. The maximum atomic E-state index is 12.1. The molecule has 25 heavy (non-hydrogen) atoms. The molecule has 1 heterocycles. The molecule has 2 atom stereocenters. The van der Waals surface area contributed by atoms with Crippen LogP contribution in [0.1, 0.15) is 32.8 Å². The lowest BCUT2D eigenvalue weighted by Crippen LogP contribution is -2.55. The molecule has 0 spiro atoms. The van der Waals surface area contributed by atoms with Crippen molar-refractivity contribution >= 4 is 12.2 Å². The van der Waals surface area contributed by atoms with Gasteiger partial charge in [0.2, 0.25) is 0 Å². The van der Waals surface area contributed by atoms with Crippen LogP contribution in [0.2, 0.25) is 0 Å². The van der Waals surface area contributed by atoms with Crippen molar-refractivity contribution in [2.24, 2.45) is 0 Å². The highest BCUT2D eigenvalue weighted by molar-refractivity contribution is 5.70. The monoisotopic (exact) mass is 350 g/mol. The maximum absolute atomic E-state index is 12.1. The van der Waals surface area contributed by atoms with Crippen molar-refractivity contribution in [3.05, 3.63) is 35.9 Å². The predicted octanol–water partition coefficient (Wildman–Crippen LogP) is 2.28. The van der Waals surface area contributed by atoms with E-state index in [-0.39, 0.29) is 25.7 Å². The van der Waals surface area contributed by atoms with Gasteiger partial charge in [0, 0.05) is 6.54 Å². The molecule has 0 radical (unpaired) electrons. The molecule has 2 N–H and O–H groups in total. The second-order valence-electron chi connectivity index (χ2n) is 7.18. The third-order valence-electron chi connectivity index (χ3n) is 3.61. The average Bonchev–Trinajstić information content (AvgIpc) is 2.52. The number of hydrogen-bond donors (Lipinski definition) is 2. The van der Waals surface area contributed by atoms with Crippen molar-refractivity contribution in [3.8, 4) is 0 Å². The number of hydrogen-bond acceptors (Lipinski definition) is 5. The highest BCUT2D eigenvalue weighted by Gasteiger charge is 2.32. The average molecular weight is 350 g/mol. The maximum Gasteiger partial charge on any atom is 0.410 e. The fraction of sp³-hybridized carbons (Fsp3) is 0.556. The molecule has 1 aliphatic heterocycles. The Morgan fingerprint density at radius 3 is 2.56 bits per heavy atom. The Morgan fingerprint density at radius 2 is 1.92 bits per heavy atom. The van der Waals surface area contributed by atoms with Gasteiger partial charge in [0.1, 0.15) is 12.2 Å². The fourth-order valence-corrected chi connectivity index (χ4v) is 2.58. The van der Waals surface area contributed by atoms with Crippen LogP contribution in [-0.4, -0.2) is 53.0 Å². The quantitative estimate of drug-likeness (QED) is 0.873. The van der Waals surface area contributed by atoms with Crippen molar-refractivity contribution in [2.45, 2.75) is 51.5 Å². The zero-order valence-corrected chi connectivity index (χ0v) is 14.9. The van der Waals surface area contributed by atoms with Crippen molar-refractivity contribution in [1.82, 2.24) is 10.2 Å². The Labute approximate surface area is 147 Å². The summed E-state index contributed by atoms with van der Waals surface area (Å²) in [6.07, 6.45) is -1.44. The summed E-state index contributed by atoms with van der Waals surface area (Å²) >= 11 is 0. The van der Waals surface area contributed by atoms with Crippen molar-refractivity contribution < 1.29 is 24.2 Å². The molecule has 0 aromatic heterocycles. The first-order valence-corrected chi connectivity index (χ1v) is 8.36. The summed E-state index contributed by atoms with van der Waals surface area (Å²) in [6.45, 7) is 5.96. The number of amides is 2. The largest absolute Gasteiger partial charge is 0.445 e. The fourth-order valence-electron chi connectivity index (χ4n) is 2.58. The highest BCUT2D eigenvalue weighted by Crippen LogP contribution is 2.16. The Balaban J connectivity index is 1.84. The van der Waals surface area contributed by atoms with E-state index < -0.39 is 23.9 Å². The summed E-state index contributed by atoms with van der Waals surface area (Å²) in [5.74, 6) is 0. The SMILES string of the molecule is CC(C)(C)OC(=O)N1C[C@@H](O)C[C@@H](NC(=O)OCc2ccccc2)C1. The summed E-state index contributed by atoms with van der Waals surface area (Å²) in [5, 5.41) is 12.7. The molecule has 7 heteroatoms. The number of nitrogens with zero attached hydrogens (tertiary/aromatic N) is 1. The van der Waals surface area contributed by atoms with Crippen molar-refractivity contribution in [2.75, 3.05) is 13.1 Å². The summed E-state index contributed by atoms with van der Waals surface area (Å²) in [7, 11) is 0. The summed E-state index contributed by atoms with van der Waals surface area (Å²) < 4.78 is 10.5. The number of likely N-dealkylation sites (tertiary alicyclic amines) is 1. The van der Waals surface area contributed by atoms with E-state index in [1.54, 1.807) is 20.8 Å². The van der Waals surface area contributed by atoms with Gasteiger partial charge in [0.05, 0.1) is 18.7 Å². The third-order valence-corrected chi connectivity index (χ3v) is 3.61. The molecule has 0 aliphatic carbocycles. The van der Waals surface area contributed by atoms with Gasteiger partial charge in [-0.3, -0.25) is 0 Å². The Kier molecular flexibility index (Phi) is 6.25. The molecule has 2 amide bonds. The van der Waals surface area contributed by atoms with Crippen LogP contribution in [0.15, 0.2) is 30.3 Å². The molecule has 7 nitrogen and oxygen atoms in total. The van der Waals surface area contributed by atoms with Gasteiger partial charge >= 0.3 is 12.2 Å². The van der Waals surface area contributed by atoms with Gasteiger partial charge in [-0.05, 0) is 32.8 Å². The normalized spacial score (nSPS) is 20.7. The number of carbonyl (C=O) groups is 2. The molecule has 1 saturated heterocycles. The Hall–Kier alpha value is -2.28. The molecular formula is C18H26N2O5. The van der Waals surface area contributed by atoms with Gasteiger partial charge in [0.15, 0.2) is 0 Å². The van der Waals surface area contributed by atoms with E-state index in [0.717, 1.165) is 5.56 Å². The first-order chi connectivity index (χ1) is 11.7. The minimum absolute atomic E-state index is 0.164. The van der Waals surface area contributed by atoms with Crippen molar-refractivity contribution in [3.63, 3.8) is 0 Å². The van der Waals surface area contributed by atoms with Crippen LogP contribution < -0.4 is 5.32 Å². The first kappa shape index (κ1) is 19.1. The van der Waals surface area contributed by atoms with Crippen LogP contribution in [0.3, 0.4) is 0 Å². The van der Waals surface area contributed by atoms with Gasteiger partial charge in [0.25, 0.3) is 0 Å². The second kappa shape index (κ2) is 8.20.